The maximum absolute atomic E-state index is 11.3. The van der Waals surface area contributed by atoms with Crippen LogP contribution >= 0.6 is 15.9 Å². The number of aromatic nitrogens is 1. The lowest BCUT2D eigenvalue weighted by molar-refractivity contribution is 0.302. The van der Waals surface area contributed by atoms with E-state index in [1.54, 1.807) is 10.6 Å². The molecule has 4 rings (SSSR count). The Balaban J connectivity index is 1.69. The number of hydrogen-bond acceptors (Lipinski definition) is 4. The van der Waals surface area contributed by atoms with Crippen LogP contribution in [0.4, 0.5) is 5.69 Å². The van der Waals surface area contributed by atoms with Crippen molar-refractivity contribution in [3.63, 3.8) is 0 Å². The third-order valence-corrected chi connectivity index (χ3v) is 5.09. The first kappa shape index (κ1) is 18.3. The Hall–Kier alpha value is -3.12. The summed E-state index contributed by atoms with van der Waals surface area (Å²) in [6.07, 6.45) is 0. The maximum Gasteiger partial charge on any atom is 0.222 e. The summed E-state index contributed by atoms with van der Waals surface area (Å²) < 4.78 is 8.50. The van der Waals surface area contributed by atoms with Gasteiger partial charge in [-0.25, -0.2) is 0 Å². The highest BCUT2D eigenvalue weighted by Crippen LogP contribution is 2.40. The fraction of sp³-hybridized carbons (Fsp3) is 0.0909. The average Bonchev–Trinajstić information content (AvgIpc) is 2.98. The van der Waals surface area contributed by atoms with Gasteiger partial charge in [0.05, 0.1) is 12.1 Å². The molecular formula is C22H17BrN2O3. The van der Waals surface area contributed by atoms with Crippen molar-refractivity contribution >= 4 is 32.5 Å². The Labute approximate surface area is 170 Å². The first-order chi connectivity index (χ1) is 13.7. The van der Waals surface area contributed by atoms with Gasteiger partial charge in [0.15, 0.2) is 5.69 Å². The van der Waals surface area contributed by atoms with Gasteiger partial charge in [0.25, 0.3) is 0 Å². The summed E-state index contributed by atoms with van der Waals surface area (Å²) in [6.45, 7) is 0.800. The number of aromatic hydroxyl groups is 1. The van der Waals surface area contributed by atoms with Crippen molar-refractivity contribution in [2.45, 2.75) is 13.2 Å². The predicted octanol–water partition coefficient (Wildman–Crippen LogP) is 6.13. The Morgan fingerprint density at radius 1 is 1.00 bits per heavy atom. The first-order valence-corrected chi connectivity index (χ1v) is 9.55. The minimum Gasteiger partial charge on any atom is -0.493 e. The molecule has 0 fully saturated rings. The summed E-state index contributed by atoms with van der Waals surface area (Å²) in [5, 5.41) is 14.2. The number of rotatable bonds is 6. The Bertz CT molecular complexity index is 1140. The molecule has 1 aromatic heterocycles. The number of ether oxygens (including phenoxy) is 1. The number of hydrogen-bond donors (Lipinski definition) is 1. The monoisotopic (exact) mass is 436 g/mol. The van der Waals surface area contributed by atoms with Crippen LogP contribution in [0.25, 0.3) is 10.9 Å². The fourth-order valence-electron chi connectivity index (χ4n) is 3.23. The van der Waals surface area contributed by atoms with E-state index >= 15 is 0 Å². The molecule has 0 saturated carbocycles. The Morgan fingerprint density at radius 3 is 2.54 bits per heavy atom. The normalized spacial score (nSPS) is 10.9. The first-order valence-electron chi connectivity index (χ1n) is 8.76. The van der Waals surface area contributed by atoms with E-state index in [4.69, 9.17) is 4.74 Å². The van der Waals surface area contributed by atoms with Crippen molar-refractivity contribution in [2.24, 2.45) is 5.18 Å². The predicted molar refractivity (Wildman–Crippen MR) is 113 cm³/mol. The molecule has 0 aliphatic heterocycles. The largest absolute Gasteiger partial charge is 0.493 e. The van der Waals surface area contributed by atoms with Crippen LogP contribution in [0.5, 0.6) is 11.6 Å². The molecule has 5 nitrogen and oxygen atoms in total. The minimum absolute atomic E-state index is 0.0407. The molecular weight excluding hydrogens is 420 g/mol. The highest BCUT2D eigenvalue weighted by molar-refractivity contribution is 9.10. The third-order valence-electron chi connectivity index (χ3n) is 4.60. The Kier molecular flexibility index (Phi) is 5.12. The molecule has 1 N–H and O–H groups in total. The lowest BCUT2D eigenvalue weighted by atomic mass is 10.2. The molecule has 0 radical (unpaired) electrons. The molecule has 0 atom stereocenters. The second kappa shape index (κ2) is 7.86. The summed E-state index contributed by atoms with van der Waals surface area (Å²) in [6, 6.07) is 23.1. The molecule has 1 heterocycles. The van der Waals surface area contributed by atoms with Gasteiger partial charge in [-0.2, -0.15) is 0 Å². The zero-order chi connectivity index (χ0) is 19.5. The maximum atomic E-state index is 11.3. The SMILES string of the molecule is O=Nc1c(O)n(Cc2ccccc2OCc2ccccc2)c2ccc(Br)cc12. The molecule has 0 saturated heterocycles. The van der Waals surface area contributed by atoms with Crippen molar-refractivity contribution in [2.75, 3.05) is 0 Å². The number of nitroso groups, excluding NO2 is 1. The molecule has 0 unspecified atom stereocenters. The third kappa shape index (κ3) is 3.51. The van der Waals surface area contributed by atoms with Gasteiger partial charge in [-0.05, 0) is 35.0 Å². The van der Waals surface area contributed by atoms with Crippen molar-refractivity contribution in [3.05, 3.63) is 93.3 Å². The van der Waals surface area contributed by atoms with E-state index in [1.165, 1.54) is 0 Å². The summed E-state index contributed by atoms with van der Waals surface area (Å²) >= 11 is 3.40. The lowest BCUT2D eigenvalue weighted by Crippen LogP contribution is -2.03. The van der Waals surface area contributed by atoms with Gasteiger partial charge in [-0.15, -0.1) is 4.91 Å². The van der Waals surface area contributed by atoms with Crippen molar-refractivity contribution in [1.29, 1.82) is 0 Å². The van der Waals surface area contributed by atoms with Gasteiger partial charge in [-0.3, -0.25) is 0 Å². The van der Waals surface area contributed by atoms with Crippen LogP contribution in [0.2, 0.25) is 0 Å². The number of nitrogens with zero attached hydrogens (tertiary/aromatic N) is 2. The average molecular weight is 437 g/mol. The number of para-hydroxylation sites is 1. The highest BCUT2D eigenvalue weighted by Gasteiger charge is 2.19. The van der Waals surface area contributed by atoms with Gasteiger partial charge in [-0.1, -0.05) is 64.5 Å². The van der Waals surface area contributed by atoms with Gasteiger partial charge >= 0.3 is 0 Å². The fourth-order valence-corrected chi connectivity index (χ4v) is 3.59. The van der Waals surface area contributed by atoms with E-state index in [0.717, 1.165) is 26.9 Å². The van der Waals surface area contributed by atoms with Gasteiger partial charge in [0.2, 0.25) is 5.88 Å². The van der Waals surface area contributed by atoms with Gasteiger partial charge in [0, 0.05) is 15.4 Å². The second-order valence-corrected chi connectivity index (χ2v) is 7.31. The van der Waals surface area contributed by atoms with E-state index in [2.05, 4.69) is 21.1 Å². The van der Waals surface area contributed by atoms with Crippen LogP contribution in [0, 0.1) is 4.91 Å². The molecule has 28 heavy (non-hydrogen) atoms. The second-order valence-electron chi connectivity index (χ2n) is 6.39. The van der Waals surface area contributed by atoms with Gasteiger partial charge < -0.3 is 14.4 Å². The molecule has 6 heteroatoms. The summed E-state index contributed by atoms with van der Waals surface area (Å²) in [4.78, 5) is 11.3. The van der Waals surface area contributed by atoms with Crippen LogP contribution < -0.4 is 4.74 Å². The van der Waals surface area contributed by atoms with Crippen LogP contribution in [0.3, 0.4) is 0 Å². The van der Waals surface area contributed by atoms with E-state index < -0.39 is 0 Å². The molecule has 0 bridgehead atoms. The number of fused-ring (bicyclic) bond motifs is 1. The van der Waals surface area contributed by atoms with Crippen LogP contribution in [-0.4, -0.2) is 9.67 Å². The molecule has 0 spiro atoms. The number of halogens is 1. The van der Waals surface area contributed by atoms with Crippen LogP contribution in [0.15, 0.2) is 82.4 Å². The molecule has 0 amide bonds. The Morgan fingerprint density at radius 2 is 1.75 bits per heavy atom. The molecule has 3 aromatic carbocycles. The van der Waals surface area contributed by atoms with E-state index in [1.807, 2.05) is 66.7 Å². The molecule has 140 valence electrons. The van der Waals surface area contributed by atoms with Gasteiger partial charge in [0.1, 0.15) is 12.4 Å². The number of benzene rings is 3. The molecule has 0 aliphatic rings. The molecule has 0 aliphatic carbocycles. The van der Waals surface area contributed by atoms with E-state index in [-0.39, 0.29) is 11.6 Å². The van der Waals surface area contributed by atoms with E-state index in [0.29, 0.717) is 18.5 Å². The van der Waals surface area contributed by atoms with E-state index in [9.17, 15) is 10.0 Å². The lowest BCUT2D eigenvalue weighted by Gasteiger charge is -2.13. The smallest absolute Gasteiger partial charge is 0.222 e. The van der Waals surface area contributed by atoms with Crippen LogP contribution in [-0.2, 0) is 13.2 Å². The zero-order valence-corrected chi connectivity index (χ0v) is 16.5. The van der Waals surface area contributed by atoms with Crippen molar-refractivity contribution < 1.29 is 9.84 Å². The zero-order valence-electron chi connectivity index (χ0n) is 14.9. The van der Waals surface area contributed by atoms with Crippen LogP contribution in [0.1, 0.15) is 11.1 Å². The van der Waals surface area contributed by atoms with Crippen molar-refractivity contribution in [1.82, 2.24) is 4.57 Å². The molecule has 4 aromatic rings. The standard InChI is InChI=1S/C22H17BrN2O3/c23-17-10-11-19-18(12-17)21(24-27)22(26)25(19)13-16-8-4-5-9-20(16)28-14-15-6-2-1-3-7-15/h1-12,26H,13-14H2. The summed E-state index contributed by atoms with van der Waals surface area (Å²) in [5.41, 5.74) is 2.74. The minimum atomic E-state index is -0.152. The summed E-state index contributed by atoms with van der Waals surface area (Å²) in [7, 11) is 0. The summed E-state index contributed by atoms with van der Waals surface area (Å²) in [5.74, 6) is 0.575. The van der Waals surface area contributed by atoms with Crippen molar-refractivity contribution in [3.8, 4) is 11.6 Å². The highest BCUT2D eigenvalue weighted by atomic mass is 79.9. The quantitative estimate of drug-likeness (QED) is 0.369. The topological polar surface area (TPSA) is 63.8 Å².